The maximum absolute atomic E-state index is 12.1. The van der Waals surface area contributed by atoms with E-state index in [-0.39, 0.29) is 17.2 Å². The highest BCUT2D eigenvalue weighted by Gasteiger charge is 2.56. The minimum Gasteiger partial charge on any atom is -0.489 e. The zero-order chi connectivity index (χ0) is 15.0. The first kappa shape index (κ1) is 14.0. The Morgan fingerprint density at radius 2 is 2.00 bits per heavy atom. The van der Waals surface area contributed by atoms with E-state index in [9.17, 15) is 14.9 Å². The lowest BCUT2D eigenvalue weighted by atomic mass is 9.57. The van der Waals surface area contributed by atoms with E-state index in [0.29, 0.717) is 18.0 Å². The van der Waals surface area contributed by atoms with Gasteiger partial charge in [-0.1, -0.05) is 19.3 Å². The quantitative estimate of drug-likeness (QED) is 0.630. The first-order valence-electron chi connectivity index (χ1n) is 7.48. The number of Topliss-reactive ketones (excluding diaryl/α,β-unsaturated/α-hetero) is 1. The Hall–Kier alpha value is -1.91. The number of carbonyl (C=O) groups is 1. The Bertz CT molecular complexity index is 590. The van der Waals surface area contributed by atoms with Crippen LogP contribution in [-0.4, -0.2) is 16.8 Å². The van der Waals surface area contributed by atoms with Gasteiger partial charge >= 0.3 is 0 Å². The number of nitro groups is 1. The van der Waals surface area contributed by atoms with Crippen LogP contribution in [0.5, 0.6) is 5.75 Å². The normalized spacial score (nSPS) is 23.7. The van der Waals surface area contributed by atoms with Crippen LogP contribution < -0.4 is 4.74 Å². The monoisotopic (exact) mass is 289 g/mol. The predicted octanol–water partition coefficient (Wildman–Crippen LogP) is 3.57. The Labute approximate surface area is 123 Å². The van der Waals surface area contributed by atoms with Crippen LogP contribution in [0.2, 0.25) is 0 Å². The first-order chi connectivity index (χ1) is 10.0. The molecule has 1 aromatic rings. The van der Waals surface area contributed by atoms with Crippen molar-refractivity contribution < 1.29 is 14.5 Å². The second-order valence-corrected chi connectivity index (χ2v) is 6.16. The molecular formula is C16H19NO4. The van der Waals surface area contributed by atoms with E-state index in [1.165, 1.54) is 18.6 Å². The highest BCUT2D eigenvalue weighted by atomic mass is 16.6. The van der Waals surface area contributed by atoms with Gasteiger partial charge in [0.1, 0.15) is 17.6 Å². The highest BCUT2D eigenvalue weighted by molar-refractivity contribution is 5.92. The summed E-state index contributed by atoms with van der Waals surface area (Å²) in [6.45, 7) is 1.80. The second kappa shape index (κ2) is 5.13. The molecule has 2 aliphatic carbocycles. The number of nitrogens with zero attached hydrogens (tertiary/aromatic N) is 1. The largest absolute Gasteiger partial charge is 0.489 e. The van der Waals surface area contributed by atoms with E-state index in [2.05, 4.69) is 0 Å². The summed E-state index contributed by atoms with van der Waals surface area (Å²) in [6, 6.07) is 4.62. The fraction of sp³-hybridized carbons (Fsp3) is 0.562. The summed E-state index contributed by atoms with van der Waals surface area (Å²) in [6.07, 6.45) is 5.61. The van der Waals surface area contributed by atoms with Gasteiger partial charge in [-0.2, -0.15) is 0 Å². The van der Waals surface area contributed by atoms with Crippen molar-refractivity contribution >= 4 is 11.5 Å². The Morgan fingerprint density at radius 1 is 1.29 bits per heavy atom. The third kappa shape index (κ3) is 2.30. The van der Waals surface area contributed by atoms with E-state index < -0.39 is 4.92 Å². The third-order valence-electron chi connectivity index (χ3n) is 4.93. The molecule has 0 bridgehead atoms. The number of aryl methyl sites for hydroxylation is 1. The molecule has 1 aromatic carbocycles. The summed E-state index contributed by atoms with van der Waals surface area (Å²) in [5, 5.41) is 10.8. The molecule has 0 N–H and O–H groups in total. The van der Waals surface area contributed by atoms with Gasteiger partial charge in [-0.25, -0.2) is 0 Å². The Morgan fingerprint density at radius 3 is 2.57 bits per heavy atom. The van der Waals surface area contributed by atoms with Gasteiger partial charge in [0.2, 0.25) is 0 Å². The molecule has 1 spiro atoms. The molecule has 2 fully saturated rings. The standard InChI is InChI=1S/C16H19NO4/c1-11-9-12(17(19)20)5-6-13(11)21-15-10-14(18)16(15)7-3-2-4-8-16/h5-6,9,15H,2-4,7-8,10H2,1H3. The van der Waals surface area contributed by atoms with E-state index in [4.69, 9.17) is 4.74 Å². The summed E-state index contributed by atoms with van der Waals surface area (Å²) >= 11 is 0. The van der Waals surface area contributed by atoms with Crippen molar-refractivity contribution in [2.75, 3.05) is 0 Å². The predicted molar refractivity (Wildman–Crippen MR) is 77.4 cm³/mol. The van der Waals surface area contributed by atoms with E-state index in [0.717, 1.165) is 31.2 Å². The summed E-state index contributed by atoms with van der Waals surface area (Å²) in [5.74, 6) is 0.981. The fourth-order valence-electron chi connectivity index (χ4n) is 3.59. The number of carbonyl (C=O) groups excluding carboxylic acids is 1. The summed E-state index contributed by atoms with van der Waals surface area (Å²) in [7, 11) is 0. The minimum atomic E-state index is -0.410. The smallest absolute Gasteiger partial charge is 0.269 e. The van der Waals surface area contributed by atoms with Crippen molar-refractivity contribution in [3.8, 4) is 5.75 Å². The fourth-order valence-corrected chi connectivity index (χ4v) is 3.59. The van der Waals surface area contributed by atoms with Crippen LogP contribution in [0.25, 0.3) is 0 Å². The number of hydrogen-bond acceptors (Lipinski definition) is 4. The third-order valence-corrected chi connectivity index (χ3v) is 4.93. The first-order valence-corrected chi connectivity index (χ1v) is 7.48. The van der Waals surface area contributed by atoms with Crippen LogP contribution in [0, 0.1) is 22.5 Å². The summed E-state index contributed by atoms with van der Waals surface area (Å²) in [5.41, 5.74) is 0.526. The van der Waals surface area contributed by atoms with Crippen LogP contribution in [0.1, 0.15) is 44.1 Å². The van der Waals surface area contributed by atoms with Crippen LogP contribution in [0.15, 0.2) is 18.2 Å². The topological polar surface area (TPSA) is 69.4 Å². The van der Waals surface area contributed by atoms with Crippen LogP contribution in [-0.2, 0) is 4.79 Å². The summed E-state index contributed by atoms with van der Waals surface area (Å²) < 4.78 is 6.04. The minimum absolute atomic E-state index is 0.0644. The van der Waals surface area contributed by atoms with Crippen LogP contribution >= 0.6 is 0 Å². The Kier molecular flexibility index (Phi) is 3.43. The number of nitro benzene ring substituents is 1. The molecule has 0 saturated heterocycles. The molecule has 0 aromatic heterocycles. The van der Waals surface area contributed by atoms with Gasteiger partial charge in [-0.05, 0) is 31.4 Å². The average molecular weight is 289 g/mol. The molecule has 5 heteroatoms. The van der Waals surface area contributed by atoms with E-state index in [1.54, 1.807) is 13.0 Å². The van der Waals surface area contributed by atoms with Gasteiger partial charge in [0, 0.05) is 18.6 Å². The van der Waals surface area contributed by atoms with Crippen molar-refractivity contribution in [1.29, 1.82) is 0 Å². The zero-order valence-electron chi connectivity index (χ0n) is 12.1. The number of ketones is 1. The molecule has 0 radical (unpaired) electrons. The molecule has 0 heterocycles. The molecule has 21 heavy (non-hydrogen) atoms. The molecule has 1 unspecified atom stereocenters. The number of ether oxygens (including phenoxy) is 1. The zero-order valence-corrected chi connectivity index (χ0v) is 12.1. The SMILES string of the molecule is Cc1cc([N+](=O)[O-])ccc1OC1CC(=O)C12CCCCC2. The van der Waals surface area contributed by atoms with Crippen molar-refractivity contribution in [2.45, 2.75) is 51.6 Å². The molecular weight excluding hydrogens is 270 g/mol. The molecule has 0 aliphatic heterocycles. The summed E-state index contributed by atoms with van der Waals surface area (Å²) in [4.78, 5) is 22.4. The second-order valence-electron chi connectivity index (χ2n) is 6.16. The number of non-ortho nitro benzene ring substituents is 1. The lowest BCUT2D eigenvalue weighted by Gasteiger charge is -2.49. The maximum Gasteiger partial charge on any atom is 0.269 e. The van der Waals surface area contributed by atoms with Crippen LogP contribution in [0.4, 0.5) is 5.69 Å². The highest BCUT2D eigenvalue weighted by Crippen LogP contribution is 2.50. The number of benzene rings is 1. The van der Waals surface area contributed by atoms with Crippen molar-refractivity contribution in [3.63, 3.8) is 0 Å². The van der Waals surface area contributed by atoms with Crippen molar-refractivity contribution in [1.82, 2.24) is 0 Å². The van der Waals surface area contributed by atoms with Gasteiger partial charge in [-0.15, -0.1) is 0 Å². The van der Waals surface area contributed by atoms with Gasteiger partial charge < -0.3 is 4.74 Å². The van der Waals surface area contributed by atoms with Gasteiger partial charge in [0.15, 0.2) is 0 Å². The molecule has 3 rings (SSSR count). The molecule has 112 valence electrons. The molecule has 2 aliphatic rings. The van der Waals surface area contributed by atoms with Gasteiger partial charge in [0.25, 0.3) is 5.69 Å². The van der Waals surface area contributed by atoms with E-state index in [1.807, 2.05) is 0 Å². The lowest BCUT2D eigenvalue weighted by molar-refractivity contribution is -0.384. The van der Waals surface area contributed by atoms with Gasteiger partial charge in [-0.3, -0.25) is 14.9 Å². The lowest BCUT2D eigenvalue weighted by Crippen LogP contribution is -2.57. The number of rotatable bonds is 3. The van der Waals surface area contributed by atoms with Crippen molar-refractivity contribution in [3.05, 3.63) is 33.9 Å². The molecule has 5 nitrogen and oxygen atoms in total. The molecule has 1 atom stereocenters. The average Bonchev–Trinajstić information content (AvgIpc) is 2.49. The molecule has 2 saturated carbocycles. The van der Waals surface area contributed by atoms with E-state index >= 15 is 0 Å². The number of hydrogen-bond donors (Lipinski definition) is 0. The van der Waals surface area contributed by atoms with Gasteiger partial charge in [0.05, 0.1) is 10.3 Å². The van der Waals surface area contributed by atoms with Crippen LogP contribution in [0.3, 0.4) is 0 Å². The van der Waals surface area contributed by atoms with Crippen molar-refractivity contribution in [2.24, 2.45) is 5.41 Å². The maximum atomic E-state index is 12.1. The molecule has 0 amide bonds. The Balaban J connectivity index is 1.78.